The highest BCUT2D eigenvalue weighted by Crippen LogP contribution is 2.17. The van der Waals surface area contributed by atoms with Crippen molar-refractivity contribution in [2.24, 2.45) is 4.99 Å². The van der Waals surface area contributed by atoms with Crippen LogP contribution in [0.15, 0.2) is 39.8 Å². The van der Waals surface area contributed by atoms with E-state index in [1.807, 2.05) is 44.2 Å². The number of benzene rings is 1. The van der Waals surface area contributed by atoms with Crippen molar-refractivity contribution in [2.45, 2.75) is 45.6 Å². The molecule has 0 spiro atoms. The fourth-order valence-electron chi connectivity index (χ4n) is 2.63. The molecule has 3 rings (SSSR count). The standard InChI is InChI=1S/C19H24N2O3/c1-14-12-18(24-21-14)6-4-3-5-11-22-17-9-7-16(8-10-17)19-20-13-15(2)23-19/h7-10,12,15H,3-6,11,13H2,1-2H3/t15-/m1/s1. The maximum atomic E-state index is 5.78. The summed E-state index contributed by atoms with van der Waals surface area (Å²) in [6, 6.07) is 9.94. The molecular formula is C19H24N2O3. The van der Waals surface area contributed by atoms with Crippen LogP contribution in [0.25, 0.3) is 0 Å². The lowest BCUT2D eigenvalue weighted by atomic mass is 10.1. The predicted octanol–water partition coefficient (Wildman–Crippen LogP) is 3.94. The highest BCUT2D eigenvalue weighted by molar-refractivity contribution is 5.95. The highest BCUT2D eigenvalue weighted by atomic mass is 16.5. The van der Waals surface area contributed by atoms with Crippen LogP contribution in [0.1, 0.15) is 43.2 Å². The molecule has 0 saturated carbocycles. The van der Waals surface area contributed by atoms with Crippen LogP contribution < -0.4 is 4.74 Å². The number of aromatic nitrogens is 1. The van der Waals surface area contributed by atoms with E-state index in [4.69, 9.17) is 14.0 Å². The zero-order chi connectivity index (χ0) is 16.8. The molecule has 0 amide bonds. The van der Waals surface area contributed by atoms with Gasteiger partial charge in [0.1, 0.15) is 17.6 Å². The third-order valence-corrected chi connectivity index (χ3v) is 3.92. The molecule has 0 N–H and O–H groups in total. The summed E-state index contributed by atoms with van der Waals surface area (Å²) in [5.41, 5.74) is 1.95. The molecule has 5 heteroatoms. The van der Waals surface area contributed by atoms with Gasteiger partial charge in [-0.3, -0.25) is 0 Å². The molecule has 1 aliphatic rings. The normalized spacial score (nSPS) is 16.8. The number of ether oxygens (including phenoxy) is 2. The fraction of sp³-hybridized carbons (Fsp3) is 0.474. The lowest BCUT2D eigenvalue weighted by Crippen LogP contribution is -2.08. The topological polar surface area (TPSA) is 56.9 Å². The van der Waals surface area contributed by atoms with Crippen LogP contribution in [0, 0.1) is 6.92 Å². The number of hydrogen-bond acceptors (Lipinski definition) is 5. The van der Waals surface area contributed by atoms with Gasteiger partial charge in [-0.1, -0.05) is 5.16 Å². The summed E-state index contributed by atoms with van der Waals surface area (Å²) >= 11 is 0. The zero-order valence-corrected chi connectivity index (χ0v) is 14.3. The monoisotopic (exact) mass is 328 g/mol. The molecule has 2 heterocycles. The van der Waals surface area contributed by atoms with Crippen molar-refractivity contribution in [1.82, 2.24) is 5.16 Å². The van der Waals surface area contributed by atoms with Crippen LogP contribution in [0.3, 0.4) is 0 Å². The minimum atomic E-state index is 0.178. The van der Waals surface area contributed by atoms with Gasteiger partial charge >= 0.3 is 0 Å². The van der Waals surface area contributed by atoms with E-state index >= 15 is 0 Å². The summed E-state index contributed by atoms with van der Waals surface area (Å²) < 4.78 is 16.6. The number of nitrogens with zero attached hydrogens (tertiary/aromatic N) is 2. The lowest BCUT2D eigenvalue weighted by Gasteiger charge is -2.08. The fourth-order valence-corrected chi connectivity index (χ4v) is 2.63. The molecule has 2 aromatic rings. The van der Waals surface area contributed by atoms with Crippen LogP contribution in [-0.2, 0) is 11.2 Å². The molecule has 0 aliphatic carbocycles. The van der Waals surface area contributed by atoms with Gasteiger partial charge in [0.2, 0.25) is 5.90 Å². The molecule has 0 saturated heterocycles. The molecule has 5 nitrogen and oxygen atoms in total. The van der Waals surface area contributed by atoms with Crippen molar-refractivity contribution in [2.75, 3.05) is 13.2 Å². The first-order valence-electron chi connectivity index (χ1n) is 8.57. The number of rotatable bonds is 8. The molecule has 0 radical (unpaired) electrons. The minimum absolute atomic E-state index is 0.178. The van der Waals surface area contributed by atoms with Crippen LogP contribution in [-0.4, -0.2) is 30.3 Å². The SMILES string of the molecule is Cc1cc(CCCCCOc2ccc(C3=NC[C@@H](C)O3)cc2)on1. The Morgan fingerprint density at radius 3 is 2.67 bits per heavy atom. The van der Waals surface area contributed by atoms with Crippen molar-refractivity contribution >= 4 is 5.90 Å². The van der Waals surface area contributed by atoms with Crippen molar-refractivity contribution in [3.05, 3.63) is 47.3 Å². The Morgan fingerprint density at radius 2 is 2.00 bits per heavy atom. The largest absolute Gasteiger partial charge is 0.494 e. The van der Waals surface area contributed by atoms with Crippen molar-refractivity contribution in [3.63, 3.8) is 0 Å². The van der Waals surface area contributed by atoms with Crippen molar-refractivity contribution in [1.29, 1.82) is 0 Å². The molecule has 0 bridgehead atoms. The van der Waals surface area contributed by atoms with Gasteiger partial charge in [0.05, 0.1) is 18.8 Å². The Hall–Kier alpha value is -2.30. The minimum Gasteiger partial charge on any atom is -0.494 e. The second-order valence-corrected chi connectivity index (χ2v) is 6.19. The van der Waals surface area contributed by atoms with Crippen LogP contribution in [0.5, 0.6) is 5.75 Å². The molecule has 1 aromatic heterocycles. The number of hydrogen-bond donors (Lipinski definition) is 0. The van der Waals surface area contributed by atoms with Gasteiger partial charge in [-0.15, -0.1) is 0 Å². The molecule has 0 unspecified atom stereocenters. The molecule has 24 heavy (non-hydrogen) atoms. The number of unbranched alkanes of at least 4 members (excludes halogenated alkanes) is 2. The van der Waals surface area contributed by atoms with E-state index in [0.29, 0.717) is 0 Å². The van der Waals surface area contributed by atoms with Gasteiger partial charge < -0.3 is 14.0 Å². The summed E-state index contributed by atoms with van der Waals surface area (Å²) in [6.45, 7) is 5.43. The molecular weight excluding hydrogens is 304 g/mol. The summed E-state index contributed by atoms with van der Waals surface area (Å²) in [7, 11) is 0. The van der Waals surface area contributed by atoms with Crippen LogP contribution in [0.4, 0.5) is 0 Å². The first-order chi connectivity index (χ1) is 11.7. The summed E-state index contributed by atoms with van der Waals surface area (Å²) in [6.07, 6.45) is 4.35. The van der Waals surface area contributed by atoms with Gasteiger partial charge in [-0.25, -0.2) is 4.99 Å². The zero-order valence-electron chi connectivity index (χ0n) is 14.3. The van der Waals surface area contributed by atoms with E-state index in [0.717, 1.165) is 67.5 Å². The smallest absolute Gasteiger partial charge is 0.216 e. The summed E-state index contributed by atoms with van der Waals surface area (Å²) in [5, 5.41) is 3.89. The Bertz CT molecular complexity index is 676. The Labute approximate surface area is 142 Å². The van der Waals surface area contributed by atoms with E-state index in [9.17, 15) is 0 Å². The quantitative estimate of drug-likeness (QED) is 0.689. The Kier molecular flexibility index (Phi) is 5.51. The Balaban J connectivity index is 1.33. The summed E-state index contributed by atoms with van der Waals surface area (Å²) in [5.74, 6) is 2.59. The van der Waals surface area contributed by atoms with Crippen molar-refractivity contribution in [3.8, 4) is 5.75 Å². The van der Waals surface area contributed by atoms with Gasteiger partial charge in [-0.05, 0) is 57.4 Å². The van der Waals surface area contributed by atoms with Crippen LogP contribution in [0.2, 0.25) is 0 Å². The third-order valence-electron chi connectivity index (χ3n) is 3.92. The molecule has 1 atom stereocenters. The van der Waals surface area contributed by atoms with Gasteiger partial charge in [0.25, 0.3) is 0 Å². The second kappa shape index (κ2) is 7.99. The average molecular weight is 328 g/mol. The van der Waals surface area contributed by atoms with E-state index in [1.54, 1.807) is 0 Å². The average Bonchev–Trinajstić information content (AvgIpc) is 3.20. The molecule has 128 valence electrons. The first kappa shape index (κ1) is 16.6. The molecule has 1 aromatic carbocycles. The number of aliphatic imine (C=N–C) groups is 1. The lowest BCUT2D eigenvalue weighted by molar-refractivity contribution is 0.246. The second-order valence-electron chi connectivity index (χ2n) is 6.19. The van der Waals surface area contributed by atoms with Gasteiger partial charge in [-0.2, -0.15) is 0 Å². The third kappa shape index (κ3) is 4.60. The van der Waals surface area contributed by atoms with E-state index in [-0.39, 0.29) is 6.10 Å². The molecule has 0 fully saturated rings. The molecule has 1 aliphatic heterocycles. The van der Waals surface area contributed by atoms with E-state index < -0.39 is 0 Å². The van der Waals surface area contributed by atoms with E-state index in [2.05, 4.69) is 10.1 Å². The maximum absolute atomic E-state index is 5.78. The van der Waals surface area contributed by atoms with Gasteiger partial charge in [0.15, 0.2) is 0 Å². The van der Waals surface area contributed by atoms with Gasteiger partial charge in [0, 0.05) is 18.1 Å². The summed E-state index contributed by atoms with van der Waals surface area (Å²) in [4.78, 5) is 4.38. The highest BCUT2D eigenvalue weighted by Gasteiger charge is 2.16. The maximum Gasteiger partial charge on any atom is 0.216 e. The number of aryl methyl sites for hydroxylation is 2. The van der Waals surface area contributed by atoms with Crippen LogP contribution >= 0.6 is 0 Å². The van der Waals surface area contributed by atoms with Crippen molar-refractivity contribution < 1.29 is 14.0 Å². The predicted molar refractivity (Wildman–Crippen MR) is 92.7 cm³/mol. The first-order valence-corrected chi connectivity index (χ1v) is 8.57. The Morgan fingerprint density at radius 1 is 1.17 bits per heavy atom. The van der Waals surface area contributed by atoms with E-state index in [1.165, 1.54) is 0 Å².